The van der Waals surface area contributed by atoms with Crippen LogP contribution in [-0.2, 0) is 9.57 Å². The summed E-state index contributed by atoms with van der Waals surface area (Å²) in [7, 11) is 0. The molecule has 0 aromatic heterocycles. The van der Waals surface area contributed by atoms with Gasteiger partial charge < -0.3 is 10.1 Å². The van der Waals surface area contributed by atoms with Crippen molar-refractivity contribution in [2.75, 3.05) is 26.4 Å². The monoisotopic (exact) mass is 242 g/mol. The number of nitrogens with zero attached hydrogens (tertiary/aromatic N) is 1. The summed E-state index contributed by atoms with van der Waals surface area (Å²) < 4.78 is 5.33. The van der Waals surface area contributed by atoms with E-state index >= 15 is 0 Å². The smallest absolute Gasteiger partial charge is 0.341 e. The molecule has 2 heterocycles. The van der Waals surface area contributed by atoms with Crippen molar-refractivity contribution in [1.82, 2.24) is 10.4 Å². The average Bonchev–Trinajstić information content (AvgIpc) is 2.71. The number of hydrogen-bond donors (Lipinski definition) is 1. The highest BCUT2D eigenvalue weighted by atomic mass is 16.7. The fourth-order valence-corrected chi connectivity index (χ4v) is 2.27. The maximum absolute atomic E-state index is 12.0. The van der Waals surface area contributed by atoms with Gasteiger partial charge in [-0.2, -0.15) is 0 Å². The summed E-state index contributed by atoms with van der Waals surface area (Å²) in [5, 5.41) is 4.47. The minimum absolute atomic E-state index is 0.105. The van der Waals surface area contributed by atoms with Crippen molar-refractivity contribution in [3.05, 3.63) is 0 Å². The zero-order valence-electron chi connectivity index (χ0n) is 10.5. The zero-order chi connectivity index (χ0) is 12.1. The van der Waals surface area contributed by atoms with E-state index in [1.807, 2.05) is 6.92 Å². The third kappa shape index (κ3) is 3.57. The van der Waals surface area contributed by atoms with Crippen LogP contribution in [0.4, 0.5) is 4.79 Å². The first-order valence-electron chi connectivity index (χ1n) is 6.56. The minimum Gasteiger partial charge on any atom is -0.381 e. The maximum Gasteiger partial charge on any atom is 0.341 e. The summed E-state index contributed by atoms with van der Waals surface area (Å²) in [4.78, 5) is 17.4. The van der Waals surface area contributed by atoms with Crippen LogP contribution in [0.2, 0.25) is 0 Å². The van der Waals surface area contributed by atoms with Crippen LogP contribution < -0.4 is 5.32 Å². The number of hydrogen-bond acceptors (Lipinski definition) is 3. The molecular weight excluding hydrogens is 220 g/mol. The van der Waals surface area contributed by atoms with Crippen molar-refractivity contribution in [2.24, 2.45) is 5.92 Å². The largest absolute Gasteiger partial charge is 0.381 e. The standard InChI is InChI=1S/C12H22N2O3/c1-10(11-5-8-16-9-11)13-12(15)14-6-3-2-4-7-17-14/h10-11H,2-9H2,1H3,(H,13,15)/t10-,11-/m1/s1. The summed E-state index contributed by atoms with van der Waals surface area (Å²) in [6.45, 7) is 4.94. The Morgan fingerprint density at radius 2 is 2.24 bits per heavy atom. The number of carbonyl (C=O) groups is 1. The van der Waals surface area contributed by atoms with Gasteiger partial charge in [-0.1, -0.05) is 0 Å². The van der Waals surface area contributed by atoms with Gasteiger partial charge >= 0.3 is 6.03 Å². The number of rotatable bonds is 2. The summed E-state index contributed by atoms with van der Waals surface area (Å²) in [5.74, 6) is 0.436. The fourth-order valence-electron chi connectivity index (χ4n) is 2.27. The summed E-state index contributed by atoms with van der Waals surface area (Å²) in [6, 6.07) is 0.0446. The van der Waals surface area contributed by atoms with Crippen molar-refractivity contribution in [3.63, 3.8) is 0 Å². The lowest BCUT2D eigenvalue weighted by molar-refractivity contribution is -0.109. The molecule has 2 atom stereocenters. The van der Waals surface area contributed by atoms with Gasteiger partial charge in [-0.25, -0.2) is 9.86 Å². The number of urea groups is 1. The van der Waals surface area contributed by atoms with Gasteiger partial charge in [0, 0.05) is 18.6 Å². The predicted molar refractivity (Wildman–Crippen MR) is 63.4 cm³/mol. The van der Waals surface area contributed by atoms with Gasteiger partial charge in [0.05, 0.1) is 19.8 Å². The van der Waals surface area contributed by atoms with E-state index in [1.54, 1.807) is 0 Å². The molecule has 0 unspecified atom stereocenters. The molecule has 98 valence electrons. The maximum atomic E-state index is 12.0. The Morgan fingerprint density at radius 3 is 3.00 bits per heavy atom. The van der Waals surface area contributed by atoms with Gasteiger partial charge in [0.15, 0.2) is 0 Å². The molecule has 0 aromatic carbocycles. The molecule has 0 bridgehead atoms. The second-order valence-corrected chi connectivity index (χ2v) is 4.86. The third-order valence-corrected chi connectivity index (χ3v) is 3.50. The van der Waals surface area contributed by atoms with Gasteiger partial charge in [-0.15, -0.1) is 0 Å². The van der Waals surface area contributed by atoms with Gasteiger partial charge in [0.1, 0.15) is 0 Å². The Hall–Kier alpha value is -0.810. The van der Waals surface area contributed by atoms with Gasteiger partial charge in [-0.05, 0) is 32.6 Å². The zero-order valence-corrected chi connectivity index (χ0v) is 10.5. The van der Waals surface area contributed by atoms with Crippen LogP contribution in [0.1, 0.15) is 32.6 Å². The number of carbonyl (C=O) groups excluding carboxylic acids is 1. The first-order chi connectivity index (χ1) is 8.27. The van der Waals surface area contributed by atoms with Crippen molar-refractivity contribution >= 4 is 6.03 Å². The van der Waals surface area contributed by atoms with E-state index in [4.69, 9.17) is 9.57 Å². The molecule has 1 N–H and O–H groups in total. The molecule has 0 aromatic rings. The molecule has 5 nitrogen and oxygen atoms in total. The molecule has 2 aliphatic rings. The Morgan fingerprint density at radius 1 is 1.35 bits per heavy atom. The Balaban J connectivity index is 1.78. The highest BCUT2D eigenvalue weighted by Gasteiger charge is 2.25. The molecule has 2 rings (SSSR count). The topological polar surface area (TPSA) is 50.8 Å². The predicted octanol–water partition coefficient (Wildman–Crippen LogP) is 1.54. The van der Waals surface area contributed by atoms with Crippen molar-refractivity contribution in [2.45, 2.75) is 38.6 Å². The van der Waals surface area contributed by atoms with Crippen LogP contribution in [0.15, 0.2) is 0 Å². The molecular formula is C12H22N2O3. The molecule has 5 heteroatoms. The quantitative estimate of drug-likeness (QED) is 0.799. The van der Waals surface area contributed by atoms with Gasteiger partial charge in [0.25, 0.3) is 0 Å². The lowest BCUT2D eigenvalue weighted by Crippen LogP contribution is -2.46. The van der Waals surface area contributed by atoms with Gasteiger partial charge in [-0.3, -0.25) is 4.84 Å². The van der Waals surface area contributed by atoms with E-state index in [-0.39, 0.29) is 12.1 Å². The number of nitrogens with one attached hydrogen (secondary N) is 1. The van der Waals surface area contributed by atoms with E-state index in [0.29, 0.717) is 19.1 Å². The summed E-state index contributed by atoms with van der Waals surface area (Å²) in [5.41, 5.74) is 0. The van der Waals surface area contributed by atoms with Crippen LogP contribution in [0.25, 0.3) is 0 Å². The first-order valence-corrected chi connectivity index (χ1v) is 6.56. The normalized spacial score (nSPS) is 27.6. The second-order valence-electron chi connectivity index (χ2n) is 4.86. The molecule has 0 spiro atoms. The second kappa shape index (κ2) is 6.21. The van der Waals surface area contributed by atoms with Crippen LogP contribution in [0.3, 0.4) is 0 Å². The third-order valence-electron chi connectivity index (χ3n) is 3.50. The number of ether oxygens (including phenoxy) is 1. The summed E-state index contributed by atoms with van der Waals surface area (Å²) >= 11 is 0. The molecule has 17 heavy (non-hydrogen) atoms. The van der Waals surface area contributed by atoms with Crippen molar-refractivity contribution in [1.29, 1.82) is 0 Å². The van der Waals surface area contributed by atoms with Crippen molar-refractivity contribution in [3.8, 4) is 0 Å². The van der Waals surface area contributed by atoms with E-state index in [9.17, 15) is 4.79 Å². The minimum atomic E-state index is -0.105. The van der Waals surface area contributed by atoms with Crippen molar-refractivity contribution < 1.29 is 14.4 Å². The Bertz CT molecular complexity index is 246. The van der Waals surface area contributed by atoms with Crippen LogP contribution in [0, 0.1) is 5.92 Å². The van der Waals surface area contributed by atoms with E-state index in [1.165, 1.54) is 5.06 Å². The summed E-state index contributed by atoms with van der Waals surface area (Å²) in [6.07, 6.45) is 4.22. The Kier molecular flexibility index (Phi) is 4.62. The van der Waals surface area contributed by atoms with Gasteiger partial charge in [0.2, 0.25) is 0 Å². The van der Waals surface area contributed by atoms with E-state index in [0.717, 1.165) is 38.9 Å². The van der Waals surface area contributed by atoms with Crippen LogP contribution in [-0.4, -0.2) is 43.5 Å². The Labute approximate surface area is 102 Å². The fraction of sp³-hybridized carbons (Fsp3) is 0.917. The molecule has 0 aliphatic carbocycles. The van der Waals surface area contributed by atoms with Crippen LogP contribution >= 0.6 is 0 Å². The van der Waals surface area contributed by atoms with E-state index < -0.39 is 0 Å². The molecule has 2 aliphatic heterocycles. The molecule has 0 radical (unpaired) electrons. The number of hydroxylamine groups is 2. The highest BCUT2D eigenvalue weighted by molar-refractivity contribution is 5.73. The molecule has 0 saturated carbocycles. The first kappa shape index (κ1) is 12.6. The van der Waals surface area contributed by atoms with Crippen LogP contribution in [0.5, 0.6) is 0 Å². The SMILES string of the molecule is C[C@@H](NC(=O)N1CCCCCO1)[C@@H]1CCOC1. The lowest BCUT2D eigenvalue weighted by atomic mass is 10.0. The lowest BCUT2D eigenvalue weighted by Gasteiger charge is -2.25. The molecule has 2 amide bonds. The average molecular weight is 242 g/mol. The molecule has 2 fully saturated rings. The number of amides is 2. The highest BCUT2D eigenvalue weighted by Crippen LogP contribution is 2.17. The van der Waals surface area contributed by atoms with E-state index in [2.05, 4.69) is 5.32 Å². The molecule has 2 saturated heterocycles.